The second kappa shape index (κ2) is 16.7. The number of nitrogens with zero attached hydrogens (tertiary/aromatic N) is 2. The molecule has 242 valence electrons. The number of carbonyl (C=O) groups excluding carboxylic acids is 3. The van der Waals surface area contributed by atoms with Crippen LogP contribution in [0.15, 0.2) is 29.8 Å². The number of hydrogen-bond acceptors (Lipinski definition) is 7. The average molecular weight is 629 g/mol. The highest BCUT2D eigenvalue weighted by atomic mass is 32.1. The Bertz CT molecular complexity index is 1260. The highest BCUT2D eigenvalue weighted by molar-refractivity contribution is 7.13. The van der Waals surface area contributed by atoms with Crippen LogP contribution in [-0.2, 0) is 25.7 Å². The summed E-state index contributed by atoms with van der Waals surface area (Å²) in [6.07, 6.45) is 5.95. The fourth-order valence-electron chi connectivity index (χ4n) is 5.46. The Kier molecular flexibility index (Phi) is 13.3. The second-order valence-electron chi connectivity index (χ2n) is 12.8. The van der Waals surface area contributed by atoms with E-state index in [4.69, 9.17) is 5.11 Å². The summed E-state index contributed by atoms with van der Waals surface area (Å²) in [5.74, 6) is -1.67. The van der Waals surface area contributed by atoms with Crippen molar-refractivity contribution in [2.75, 3.05) is 6.54 Å². The van der Waals surface area contributed by atoms with Crippen LogP contribution < -0.4 is 10.6 Å². The number of aryl methyl sites for hydroxylation is 1. The van der Waals surface area contributed by atoms with Gasteiger partial charge in [0.15, 0.2) is 0 Å². The van der Waals surface area contributed by atoms with Gasteiger partial charge in [0.05, 0.1) is 22.2 Å². The van der Waals surface area contributed by atoms with Gasteiger partial charge in [-0.15, -0.1) is 11.3 Å². The zero-order valence-corrected chi connectivity index (χ0v) is 27.3. The normalized spacial score (nSPS) is 17.3. The number of thiazole rings is 1. The van der Waals surface area contributed by atoms with Gasteiger partial charge in [0.25, 0.3) is 0 Å². The number of carbonyl (C=O) groups is 4. The summed E-state index contributed by atoms with van der Waals surface area (Å²) in [6.45, 7) is 7.92. The van der Waals surface area contributed by atoms with Crippen LogP contribution in [0.5, 0.6) is 0 Å². The summed E-state index contributed by atoms with van der Waals surface area (Å²) in [5, 5.41) is 25.0. The van der Waals surface area contributed by atoms with Gasteiger partial charge in [0, 0.05) is 32.4 Å². The molecule has 0 bridgehead atoms. The highest BCUT2D eigenvalue weighted by Gasteiger charge is 2.44. The predicted molar refractivity (Wildman–Crippen MR) is 171 cm³/mol. The molecule has 3 amide bonds. The predicted octanol–water partition coefficient (Wildman–Crippen LogP) is 4.82. The Morgan fingerprint density at radius 1 is 1.00 bits per heavy atom. The van der Waals surface area contributed by atoms with Gasteiger partial charge in [-0.05, 0) is 36.3 Å². The van der Waals surface area contributed by atoms with Gasteiger partial charge in [-0.1, -0.05) is 77.1 Å². The molecule has 1 aliphatic heterocycles. The lowest BCUT2D eigenvalue weighted by Gasteiger charge is -2.35. The highest BCUT2D eigenvalue weighted by Crippen LogP contribution is 2.28. The van der Waals surface area contributed by atoms with Gasteiger partial charge in [-0.25, -0.2) is 4.98 Å². The number of carboxylic acid groups (broad SMARTS) is 1. The van der Waals surface area contributed by atoms with Gasteiger partial charge in [-0.2, -0.15) is 0 Å². The number of likely N-dealkylation sites (tertiary alicyclic amines) is 1. The van der Waals surface area contributed by atoms with E-state index in [-0.39, 0.29) is 43.7 Å². The molecule has 1 aliphatic rings. The van der Waals surface area contributed by atoms with Gasteiger partial charge >= 0.3 is 5.97 Å². The van der Waals surface area contributed by atoms with Gasteiger partial charge < -0.3 is 25.7 Å². The first kappa shape index (κ1) is 35.2. The van der Waals surface area contributed by atoms with Crippen molar-refractivity contribution in [3.63, 3.8) is 0 Å². The van der Waals surface area contributed by atoms with Crippen LogP contribution in [0.2, 0.25) is 0 Å². The van der Waals surface area contributed by atoms with E-state index in [1.807, 2.05) is 57.5 Å². The lowest BCUT2D eigenvalue weighted by atomic mass is 9.85. The van der Waals surface area contributed by atoms with Crippen molar-refractivity contribution >= 4 is 35.0 Å². The maximum atomic E-state index is 13.8. The second-order valence-corrected chi connectivity index (χ2v) is 13.7. The lowest BCUT2D eigenvalue weighted by Crippen LogP contribution is -2.57. The maximum absolute atomic E-state index is 13.8. The van der Waals surface area contributed by atoms with Gasteiger partial charge in [0.2, 0.25) is 17.7 Å². The first-order valence-electron chi connectivity index (χ1n) is 15.6. The monoisotopic (exact) mass is 628 g/mol. The molecule has 44 heavy (non-hydrogen) atoms. The van der Waals surface area contributed by atoms with E-state index in [0.717, 1.165) is 53.8 Å². The first-order chi connectivity index (χ1) is 20.9. The SMILES string of the molecule is Cc1ncsc1-c1ccc(CNC(=O)[C@@H]2C[C@H](O)CN2C(=O)C(NC(=O)CCCCCCCCCC(=O)O)C(C)(C)C)cc1. The van der Waals surface area contributed by atoms with Crippen molar-refractivity contribution in [1.29, 1.82) is 0 Å². The molecule has 1 fully saturated rings. The van der Waals surface area contributed by atoms with Crippen molar-refractivity contribution in [1.82, 2.24) is 20.5 Å². The van der Waals surface area contributed by atoms with Crippen LogP contribution in [0.1, 0.15) is 96.2 Å². The molecule has 0 spiro atoms. The van der Waals surface area contributed by atoms with E-state index in [2.05, 4.69) is 15.6 Å². The minimum Gasteiger partial charge on any atom is -0.481 e. The van der Waals surface area contributed by atoms with Crippen LogP contribution >= 0.6 is 11.3 Å². The lowest BCUT2D eigenvalue weighted by molar-refractivity contribution is -0.144. The third kappa shape index (κ3) is 10.7. The van der Waals surface area contributed by atoms with Crippen LogP contribution in [0.3, 0.4) is 0 Å². The molecule has 2 heterocycles. The van der Waals surface area contributed by atoms with E-state index in [1.54, 1.807) is 11.3 Å². The Morgan fingerprint density at radius 3 is 2.18 bits per heavy atom. The smallest absolute Gasteiger partial charge is 0.303 e. The fourth-order valence-corrected chi connectivity index (χ4v) is 6.27. The molecule has 10 nitrogen and oxygen atoms in total. The summed E-state index contributed by atoms with van der Waals surface area (Å²) in [7, 11) is 0. The molecule has 1 saturated heterocycles. The topological polar surface area (TPSA) is 149 Å². The molecular weight excluding hydrogens is 580 g/mol. The number of amides is 3. The van der Waals surface area contributed by atoms with E-state index in [1.165, 1.54) is 4.90 Å². The van der Waals surface area contributed by atoms with E-state index in [0.29, 0.717) is 19.3 Å². The quantitative estimate of drug-likeness (QED) is 0.195. The zero-order valence-electron chi connectivity index (χ0n) is 26.4. The van der Waals surface area contributed by atoms with E-state index >= 15 is 0 Å². The van der Waals surface area contributed by atoms with Gasteiger partial charge in [0.1, 0.15) is 12.1 Å². The zero-order chi connectivity index (χ0) is 32.3. The summed E-state index contributed by atoms with van der Waals surface area (Å²) in [4.78, 5) is 57.3. The molecule has 1 aromatic heterocycles. The molecule has 1 aromatic carbocycles. The summed E-state index contributed by atoms with van der Waals surface area (Å²) < 4.78 is 0. The van der Waals surface area contributed by atoms with Crippen molar-refractivity contribution in [3.8, 4) is 10.4 Å². The van der Waals surface area contributed by atoms with Crippen molar-refractivity contribution in [2.24, 2.45) is 5.41 Å². The molecule has 3 rings (SSSR count). The number of aromatic nitrogens is 1. The van der Waals surface area contributed by atoms with Crippen LogP contribution in [0.4, 0.5) is 0 Å². The minimum absolute atomic E-state index is 0.0364. The Labute approximate surface area is 264 Å². The molecule has 0 radical (unpaired) electrons. The number of carboxylic acids is 1. The Hall–Kier alpha value is -3.31. The third-order valence-corrected chi connectivity index (χ3v) is 8.98. The number of unbranched alkanes of at least 4 members (excludes halogenated alkanes) is 6. The van der Waals surface area contributed by atoms with Crippen LogP contribution in [0.25, 0.3) is 10.4 Å². The van der Waals surface area contributed by atoms with Crippen molar-refractivity contribution < 1.29 is 29.4 Å². The number of rotatable bonds is 16. The molecule has 1 unspecified atom stereocenters. The summed E-state index contributed by atoms with van der Waals surface area (Å²) in [5.41, 5.74) is 4.17. The molecule has 4 N–H and O–H groups in total. The Morgan fingerprint density at radius 2 is 1.61 bits per heavy atom. The number of benzene rings is 1. The van der Waals surface area contributed by atoms with Crippen molar-refractivity contribution in [2.45, 2.75) is 117 Å². The van der Waals surface area contributed by atoms with E-state index < -0.39 is 29.6 Å². The third-order valence-electron chi connectivity index (χ3n) is 8.01. The molecular formula is C33H48N4O6S. The van der Waals surface area contributed by atoms with Crippen LogP contribution in [0, 0.1) is 12.3 Å². The number of hydrogen-bond donors (Lipinski definition) is 4. The Balaban J connectivity index is 1.50. The molecule has 3 atom stereocenters. The maximum Gasteiger partial charge on any atom is 0.303 e. The number of β-amino-alcohol motifs (C(OH)–C–C–N with tert-alkyl or cyclic N) is 1. The number of nitrogens with one attached hydrogen (secondary N) is 2. The number of aliphatic carboxylic acids is 1. The largest absolute Gasteiger partial charge is 0.481 e. The molecule has 0 saturated carbocycles. The molecule has 2 aromatic rings. The average Bonchev–Trinajstić information content (AvgIpc) is 3.58. The summed E-state index contributed by atoms with van der Waals surface area (Å²) >= 11 is 1.58. The standard InChI is InChI=1S/C33H48N4O6S/c1-22-29(44-21-35-22)24-16-14-23(15-17-24)19-34-31(42)26-18-25(38)20-37(26)32(43)30(33(2,3)4)36-27(39)12-10-8-6-5-7-9-11-13-28(40)41/h14-17,21,25-26,30,38H,5-13,18-20H2,1-4H3,(H,34,42)(H,36,39)(H,40,41)/t25-,26-,30?/m0/s1. The summed E-state index contributed by atoms with van der Waals surface area (Å²) in [6, 6.07) is 6.24. The number of aliphatic hydroxyl groups is 1. The van der Waals surface area contributed by atoms with Crippen LogP contribution in [-0.4, -0.2) is 68.5 Å². The molecule has 0 aliphatic carbocycles. The van der Waals surface area contributed by atoms with Crippen molar-refractivity contribution in [3.05, 3.63) is 41.0 Å². The number of aliphatic hydroxyl groups excluding tert-OH is 1. The fraction of sp³-hybridized carbons (Fsp3) is 0.606. The minimum atomic E-state index is -0.840. The molecule has 11 heteroatoms. The van der Waals surface area contributed by atoms with Gasteiger partial charge in [-0.3, -0.25) is 19.2 Å². The van der Waals surface area contributed by atoms with E-state index in [9.17, 15) is 24.3 Å². The first-order valence-corrected chi connectivity index (χ1v) is 16.5.